The van der Waals surface area contributed by atoms with Crippen molar-refractivity contribution in [2.75, 3.05) is 13.2 Å². The molecule has 13 nitrogen and oxygen atoms in total. The molecule has 0 aromatic carbocycles. The Bertz CT molecular complexity index is 1120. The Kier molecular flexibility index (Phi) is 28.4. The summed E-state index contributed by atoms with van der Waals surface area (Å²) in [6.45, 7) is 3.11. The standard InChI is InChI=1S/C39H71NO12S/c1-3-5-7-9-11-13-15-16-17-18-20-22-24-26-28-33(43)38(46)40-31(32(42)27-25-23-21-19-14-12-10-8-6-4-2)30-50-39-36(45)37(52-53(47,48)49)35(44)34(29-41)51-39/h11,13,15-16,25,27,31-37,39,41-45H,3-10,12,14,17-24,26,28-30H2,1-2H3,(H,40,46)(H,47,48,49)/b13-11-,16-15-,27-25+. The fourth-order valence-corrected chi connectivity index (χ4v) is 6.55. The Morgan fingerprint density at radius 3 is 1.85 bits per heavy atom. The molecule has 0 radical (unpaired) electrons. The lowest BCUT2D eigenvalue weighted by Gasteiger charge is -2.41. The molecule has 0 aromatic rings. The van der Waals surface area contributed by atoms with E-state index in [0.717, 1.165) is 57.8 Å². The first-order valence-corrected chi connectivity index (χ1v) is 21.4. The van der Waals surface area contributed by atoms with Crippen LogP contribution in [0, 0.1) is 0 Å². The fraction of sp³-hybridized carbons (Fsp3) is 0.821. The molecule has 0 aliphatic carbocycles. The van der Waals surface area contributed by atoms with Crippen LogP contribution in [0.4, 0.5) is 0 Å². The molecular formula is C39H71NO12S. The van der Waals surface area contributed by atoms with Crippen LogP contribution in [-0.4, -0.2) is 107 Å². The van der Waals surface area contributed by atoms with E-state index in [-0.39, 0.29) is 6.42 Å². The third-order valence-corrected chi connectivity index (χ3v) is 9.77. The average molecular weight is 778 g/mol. The number of amides is 1. The summed E-state index contributed by atoms with van der Waals surface area (Å²) in [4.78, 5) is 13.0. The van der Waals surface area contributed by atoms with Gasteiger partial charge in [-0.2, -0.15) is 8.42 Å². The summed E-state index contributed by atoms with van der Waals surface area (Å²) < 4.78 is 47.2. The third-order valence-electron chi connectivity index (χ3n) is 9.30. The van der Waals surface area contributed by atoms with Gasteiger partial charge in [0.25, 0.3) is 0 Å². The maximum Gasteiger partial charge on any atom is 0.397 e. The number of ether oxygens (including phenoxy) is 2. The summed E-state index contributed by atoms with van der Waals surface area (Å²) in [6.07, 6.45) is 21.0. The zero-order valence-corrected chi connectivity index (χ0v) is 33.0. The molecule has 8 atom stereocenters. The van der Waals surface area contributed by atoms with Gasteiger partial charge in [0.05, 0.1) is 25.4 Å². The Hall–Kier alpha value is -1.72. The van der Waals surface area contributed by atoms with E-state index in [1.54, 1.807) is 6.08 Å². The SMILES string of the molecule is CCCCC/C=C\C=C/CCCCCCCC(O)C(=O)NC(COC1OC(CO)C(O)C(OS(=O)(=O)O)C1O)C(O)/C=C/CCCCCCCCCC. The van der Waals surface area contributed by atoms with E-state index in [1.807, 2.05) is 0 Å². The van der Waals surface area contributed by atoms with Crippen LogP contribution in [0.15, 0.2) is 36.5 Å². The van der Waals surface area contributed by atoms with Gasteiger partial charge in [0.2, 0.25) is 5.91 Å². The summed E-state index contributed by atoms with van der Waals surface area (Å²) in [5.41, 5.74) is 0. The van der Waals surface area contributed by atoms with Gasteiger partial charge in [0.1, 0.15) is 30.5 Å². The van der Waals surface area contributed by atoms with Crippen LogP contribution in [0.3, 0.4) is 0 Å². The predicted octanol–water partition coefficient (Wildman–Crippen LogP) is 5.35. The second kappa shape index (κ2) is 30.5. The van der Waals surface area contributed by atoms with E-state index >= 15 is 0 Å². The molecule has 0 aromatic heterocycles. The van der Waals surface area contributed by atoms with E-state index in [4.69, 9.17) is 14.0 Å². The van der Waals surface area contributed by atoms with Gasteiger partial charge >= 0.3 is 10.4 Å². The highest BCUT2D eigenvalue weighted by atomic mass is 32.3. The van der Waals surface area contributed by atoms with Gasteiger partial charge in [-0.1, -0.05) is 134 Å². The molecule has 1 aliphatic rings. The lowest BCUT2D eigenvalue weighted by atomic mass is 9.99. The summed E-state index contributed by atoms with van der Waals surface area (Å²) in [5, 5.41) is 54.8. The van der Waals surface area contributed by atoms with E-state index in [0.29, 0.717) is 12.8 Å². The number of allylic oxidation sites excluding steroid dienone is 5. The summed E-state index contributed by atoms with van der Waals surface area (Å²) in [6, 6.07) is -1.12. The average Bonchev–Trinajstić information content (AvgIpc) is 3.12. The maximum atomic E-state index is 13.0. The quantitative estimate of drug-likeness (QED) is 0.0200. The van der Waals surface area contributed by atoms with Gasteiger partial charge in [0, 0.05) is 0 Å². The fourth-order valence-electron chi connectivity index (χ4n) is 6.04. The lowest BCUT2D eigenvalue weighted by molar-refractivity contribution is -0.298. The van der Waals surface area contributed by atoms with Crippen molar-refractivity contribution < 1.29 is 57.0 Å². The van der Waals surface area contributed by atoms with Crippen molar-refractivity contribution in [2.24, 2.45) is 0 Å². The molecule has 1 rings (SSSR count). The van der Waals surface area contributed by atoms with Crippen LogP contribution in [0.5, 0.6) is 0 Å². The second-order valence-corrected chi connectivity index (χ2v) is 15.1. The first-order chi connectivity index (χ1) is 25.4. The minimum absolute atomic E-state index is 0.224. The number of hydrogen-bond acceptors (Lipinski definition) is 11. The van der Waals surface area contributed by atoms with Gasteiger partial charge in [-0.3, -0.25) is 9.35 Å². The van der Waals surface area contributed by atoms with Gasteiger partial charge in [-0.25, -0.2) is 4.18 Å². The van der Waals surface area contributed by atoms with E-state index in [1.165, 1.54) is 57.4 Å². The number of carbonyl (C=O) groups excluding carboxylic acids is 1. The molecule has 1 fully saturated rings. The van der Waals surface area contributed by atoms with Crippen LogP contribution in [-0.2, 0) is 28.9 Å². The number of aliphatic hydroxyl groups excluding tert-OH is 5. The Balaban J connectivity index is 2.69. The Labute approximate surface area is 318 Å². The molecule has 1 heterocycles. The number of rotatable bonds is 32. The molecule has 8 unspecified atom stereocenters. The predicted molar refractivity (Wildman–Crippen MR) is 205 cm³/mol. The summed E-state index contributed by atoms with van der Waals surface area (Å²) in [5.74, 6) is -0.719. The molecule has 14 heteroatoms. The first-order valence-electron chi connectivity index (χ1n) is 20.0. The molecular weight excluding hydrogens is 706 g/mol. The van der Waals surface area contributed by atoms with E-state index in [2.05, 4.69) is 47.7 Å². The van der Waals surface area contributed by atoms with Crippen molar-refractivity contribution in [2.45, 2.75) is 191 Å². The van der Waals surface area contributed by atoms with Crippen molar-refractivity contribution in [3.63, 3.8) is 0 Å². The number of hydrogen-bond donors (Lipinski definition) is 7. The normalized spacial score (nSPS) is 22.9. The van der Waals surface area contributed by atoms with Crippen molar-refractivity contribution in [1.29, 1.82) is 0 Å². The molecule has 1 amide bonds. The Morgan fingerprint density at radius 2 is 1.28 bits per heavy atom. The topological polar surface area (TPSA) is 212 Å². The molecule has 7 N–H and O–H groups in total. The number of nitrogens with one attached hydrogen (secondary N) is 1. The molecule has 0 saturated carbocycles. The monoisotopic (exact) mass is 777 g/mol. The maximum absolute atomic E-state index is 13.0. The van der Waals surface area contributed by atoms with Crippen LogP contribution < -0.4 is 5.32 Å². The molecule has 0 spiro atoms. The highest BCUT2D eigenvalue weighted by Gasteiger charge is 2.48. The number of carbonyl (C=O) groups is 1. The summed E-state index contributed by atoms with van der Waals surface area (Å²) in [7, 11) is -5.11. The van der Waals surface area contributed by atoms with Crippen LogP contribution in [0.2, 0.25) is 0 Å². The van der Waals surface area contributed by atoms with Crippen LogP contribution in [0.25, 0.3) is 0 Å². The van der Waals surface area contributed by atoms with E-state index in [9.17, 15) is 38.7 Å². The molecule has 0 bridgehead atoms. The zero-order chi connectivity index (χ0) is 39.3. The first kappa shape index (κ1) is 49.3. The van der Waals surface area contributed by atoms with Gasteiger partial charge in [-0.05, 0) is 44.9 Å². The molecule has 53 heavy (non-hydrogen) atoms. The Morgan fingerprint density at radius 1 is 0.774 bits per heavy atom. The summed E-state index contributed by atoms with van der Waals surface area (Å²) >= 11 is 0. The van der Waals surface area contributed by atoms with E-state index < -0.39 is 78.5 Å². The van der Waals surface area contributed by atoms with Crippen molar-refractivity contribution >= 4 is 16.3 Å². The zero-order valence-electron chi connectivity index (χ0n) is 32.2. The second-order valence-electron chi connectivity index (χ2n) is 14.0. The van der Waals surface area contributed by atoms with Crippen molar-refractivity contribution in [3.05, 3.63) is 36.5 Å². The third kappa shape index (κ3) is 23.7. The minimum Gasteiger partial charge on any atom is -0.394 e. The highest BCUT2D eigenvalue weighted by molar-refractivity contribution is 7.80. The lowest BCUT2D eigenvalue weighted by Crippen LogP contribution is -2.61. The highest BCUT2D eigenvalue weighted by Crippen LogP contribution is 2.26. The minimum atomic E-state index is -5.11. The largest absolute Gasteiger partial charge is 0.397 e. The molecule has 1 saturated heterocycles. The van der Waals surface area contributed by atoms with Crippen molar-refractivity contribution in [1.82, 2.24) is 5.32 Å². The smallest absolute Gasteiger partial charge is 0.394 e. The van der Waals surface area contributed by atoms with Crippen molar-refractivity contribution in [3.8, 4) is 0 Å². The molecule has 310 valence electrons. The van der Waals surface area contributed by atoms with Gasteiger partial charge in [-0.15, -0.1) is 0 Å². The number of unbranched alkanes of at least 4 members (excludes halogenated alkanes) is 16. The van der Waals surface area contributed by atoms with Crippen LogP contribution in [0.1, 0.15) is 142 Å². The van der Waals surface area contributed by atoms with Crippen LogP contribution >= 0.6 is 0 Å². The van der Waals surface area contributed by atoms with Gasteiger partial charge in [0.15, 0.2) is 6.29 Å². The number of aliphatic hydroxyl groups is 5. The molecule has 1 aliphatic heterocycles. The van der Waals surface area contributed by atoms with Gasteiger partial charge < -0.3 is 40.3 Å².